The Balaban J connectivity index is 1.40. The van der Waals surface area contributed by atoms with Crippen LogP contribution in [-0.4, -0.2) is 78.8 Å². The first-order chi connectivity index (χ1) is 13.2. The Morgan fingerprint density at radius 2 is 1.56 bits per heavy atom. The maximum atomic E-state index is 14.0. The molecule has 2 fully saturated rings. The third-order valence-electron chi connectivity index (χ3n) is 5.08. The largest absolute Gasteiger partial charge is 0.366 e. The van der Waals surface area contributed by atoms with E-state index in [1.54, 1.807) is 17.2 Å². The van der Waals surface area contributed by atoms with E-state index >= 15 is 0 Å². The number of para-hydroxylation sites is 1. The SMILES string of the molecule is O=CN1CCN(c2nncc(N3CCN(c4ccccc4F)CC3)n2)CC1. The molecule has 1 amide bonds. The van der Waals surface area contributed by atoms with Gasteiger partial charge in [-0.3, -0.25) is 4.79 Å². The third-order valence-corrected chi connectivity index (χ3v) is 5.08. The lowest BCUT2D eigenvalue weighted by molar-refractivity contribution is -0.118. The van der Waals surface area contributed by atoms with Crippen LogP contribution in [0.15, 0.2) is 30.5 Å². The Morgan fingerprint density at radius 3 is 2.26 bits per heavy atom. The van der Waals surface area contributed by atoms with Crippen molar-refractivity contribution in [2.24, 2.45) is 0 Å². The van der Waals surface area contributed by atoms with Crippen molar-refractivity contribution in [3.8, 4) is 0 Å². The van der Waals surface area contributed by atoms with Gasteiger partial charge in [-0.25, -0.2) is 4.39 Å². The van der Waals surface area contributed by atoms with Crippen LogP contribution in [0.1, 0.15) is 0 Å². The van der Waals surface area contributed by atoms with Crippen LogP contribution in [0.2, 0.25) is 0 Å². The number of hydrogen-bond donors (Lipinski definition) is 0. The van der Waals surface area contributed by atoms with Crippen molar-refractivity contribution in [1.82, 2.24) is 20.1 Å². The second-order valence-corrected chi connectivity index (χ2v) is 6.67. The summed E-state index contributed by atoms with van der Waals surface area (Å²) in [6, 6.07) is 6.87. The van der Waals surface area contributed by atoms with Crippen LogP contribution >= 0.6 is 0 Å². The molecule has 0 radical (unpaired) electrons. The molecule has 3 heterocycles. The van der Waals surface area contributed by atoms with Gasteiger partial charge in [0.25, 0.3) is 0 Å². The third kappa shape index (κ3) is 3.76. The number of carbonyl (C=O) groups excluding carboxylic acids is 1. The molecule has 0 N–H and O–H groups in total. The van der Waals surface area contributed by atoms with Gasteiger partial charge in [-0.15, -0.1) is 5.10 Å². The zero-order valence-corrected chi connectivity index (χ0v) is 15.0. The molecule has 1 aromatic carbocycles. The van der Waals surface area contributed by atoms with Gasteiger partial charge in [-0.1, -0.05) is 12.1 Å². The number of hydrogen-bond acceptors (Lipinski definition) is 7. The lowest BCUT2D eigenvalue weighted by Crippen LogP contribution is -2.48. The van der Waals surface area contributed by atoms with Crippen molar-refractivity contribution >= 4 is 23.9 Å². The highest BCUT2D eigenvalue weighted by molar-refractivity contribution is 5.51. The predicted octanol–water partition coefficient (Wildman–Crippen LogP) is 0.616. The first-order valence-electron chi connectivity index (χ1n) is 9.13. The summed E-state index contributed by atoms with van der Waals surface area (Å²) in [5.41, 5.74) is 0.645. The Bertz CT molecular complexity index is 789. The van der Waals surface area contributed by atoms with E-state index in [0.29, 0.717) is 37.8 Å². The smallest absolute Gasteiger partial charge is 0.247 e. The number of piperazine rings is 2. The molecule has 0 saturated carbocycles. The molecule has 0 spiro atoms. The molecule has 27 heavy (non-hydrogen) atoms. The number of nitrogens with zero attached hydrogens (tertiary/aromatic N) is 7. The number of halogens is 1. The number of rotatable bonds is 4. The molecule has 2 aliphatic heterocycles. The van der Waals surface area contributed by atoms with Gasteiger partial charge in [-0.05, 0) is 12.1 Å². The van der Waals surface area contributed by atoms with Crippen molar-refractivity contribution in [3.63, 3.8) is 0 Å². The highest BCUT2D eigenvalue weighted by Gasteiger charge is 2.23. The molecule has 0 bridgehead atoms. The molecule has 8 nitrogen and oxygen atoms in total. The first kappa shape index (κ1) is 17.4. The predicted molar refractivity (Wildman–Crippen MR) is 101 cm³/mol. The molecular formula is C18H22FN7O. The van der Waals surface area contributed by atoms with Gasteiger partial charge in [-0.2, -0.15) is 10.1 Å². The molecule has 4 rings (SSSR count). The lowest BCUT2D eigenvalue weighted by Gasteiger charge is -2.37. The molecule has 1 aromatic heterocycles. The fourth-order valence-electron chi connectivity index (χ4n) is 3.48. The van der Waals surface area contributed by atoms with Crippen LogP contribution in [0.3, 0.4) is 0 Å². The van der Waals surface area contributed by atoms with Gasteiger partial charge in [0.05, 0.1) is 11.9 Å². The second-order valence-electron chi connectivity index (χ2n) is 6.67. The topological polar surface area (TPSA) is 68.7 Å². The molecule has 142 valence electrons. The standard InChI is InChI=1S/C18H22FN7O/c19-15-3-1-2-4-16(15)24-9-11-25(12-10-24)17-13-20-22-18(21-17)26-7-5-23(14-27)6-8-26/h1-4,13-14H,5-12H2. The van der Waals surface area contributed by atoms with Crippen LogP contribution in [0, 0.1) is 5.82 Å². The normalized spacial score (nSPS) is 18.0. The van der Waals surface area contributed by atoms with Crippen molar-refractivity contribution in [1.29, 1.82) is 0 Å². The number of benzene rings is 1. The van der Waals surface area contributed by atoms with E-state index in [2.05, 4.69) is 25.0 Å². The van der Waals surface area contributed by atoms with Crippen LogP contribution in [0.4, 0.5) is 21.8 Å². The summed E-state index contributed by atoms with van der Waals surface area (Å²) >= 11 is 0. The maximum Gasteiger partial charge on any atom is 0.247 e. The van der Waals surface area contributed by atoms with Crippen LogP contribution < -0.4 is 14.7 Å². The summed E-state index contributed by atoms with van der Waals surface area (Å²) in [6.07, 6.45) is 2.55. The average molecular weight is 371 g/mol. The average Bonchev–Trinajstić information content (AvgIpc) is 2.74. The highest BCUT2D eigenvalue weighted by atomic mass is 19.1. The van der Waals surface area contributed by atoms with Crippen molar-refractivity contribution in [3.05, 3.63) is 36.3 Å². The summed E-state index contributed by atoms with van der Waals surface area (Å²) in [5, 5.41) is 8.27. The molecular weight excluding hydrogens is 349 g/mol. The van der Waals surface area contributed by atoms with Crippen LogP contribution in [0.5, 0.6) is 0 Å². The van der Waals surface area contributed by atoms with Crippen LogP contribution in [0.25, 0.3) is 0 Å². The quantitative estimate of drug-likeness (QED) is 0.730. The van der Waals surface area contributed by atoms with Crippen molar-refractivity contribution in [2.45, 2.75) is 0 Å². The molecule has 0 atom stereocenters. The monoisotopic (exact) mass is 371 g/mol. The lowest BCUT2D eigenvalue weighted by atomic mass is 10.2. The van der Waals surface area contributed by atoms with E-state index in [9.17, 15) is 9.18 Å². The Kier molecular flexibility index (Phi) is 4.99. The summed E-state index contributed by atoms with van der Waals surface area (Å²) in [7, 11) is 0. The molecule has 2 saturated heterocycles. The number of anilines is 3. The van der Waals surface area contributed by atoms with Gasteiger partial charge < -0.3 is 19.6 Å². The van der Waals surface area contributed by atoms with Gasteiger partial charge in [0, 0.05) is 52.4 Å². The van der Waals surface area contributed by atoms with Crippen molar-refractivity contribution in [2.75, 3.05) is 67.1 Å². The van der Waals surface area contributed by atoms with Gasteiger partial charge in [0.1, 0.15) is 5.82 Å². The second kappa shape index (κ2) is 7.73. The van der Waals surface area contributed by atoms with Gasteiger partial charge >= 0.3 is 0 Å². The van der Waals surface area contributed by atoms with E-state index in [1.165, 1.54) is 6.07 Å². The zero-order valence-electron chi connectivity index (χ0n) is 15.0. The van der Waals surface area contributed by atoms with E-state index in [1.807, 2.05) is 17.0 Å². The molecule has 0 aliphatic carbocycles. The fourth-order valence-corrected chi connectivity index (χ4v) is 3.48. The zero-order chi connectivity index (χ0) is 18.6. The van der Waals surface area contributed by atoms with Crippen molar-refractivity contribution < 1.29 is 9.18 Å². The van der Waals surface area contributed by atoms with Gasteiger partial charge in [0.15, 0.2) is 5.82 Å². The molecule has 9 heteroatoms. The minimum absolute atomic E-state index is 0.189. The number of amides is 1. The van der Waals surface area contributed by atoms with Crippen LogP contribution in [-0.2, 0) is 4.79 Å². The fraction of sp³-hybridized carbons (Fsp3) is 0.444. The highest BCUT2D eigenvalue weighted by Crippen LogP contribution is 2.22. The summed E-state index contributed by atoms with van der Waals surface area (Å²) < 4.78 is 14.0. The summed E-state index contributed by atoms with van der Waals surface area (Å²) in [4.78, 5) is 23.5. The first-order valence-corrected chi connectivity index (χ1v) is 9.13. The Morgan fingerprint density at radius 1 is 0.889 bits per heavy atom. The number of carbonyl (C=O) groups is 1. The molecule has 2 aromatic rings. The number of aromatic nitrogens is 3. The minimum Gasteiger partial charge on any atom is -0.366 e. The van der Waals surface area contributed by atoms with Gasteiger partial charge in [0.2, 0.25) is 12.4 Å². The summed E-state index contributed by atoms with van der Waals surface area (Å²) in [5.74, 6) is 1.19. The maximum absolute atomic E-state index is 14.0. The Labute approximate surface area is 157 Å². The van der Waals surface area contributed by atoms with E-state index < -0.39 is 0 Å². The summed E-state index contributed by atoms with van der Waals surface area (Å²) in [6.45, 7) is 5.65. The van der Waals surface area contributed by atoms with E-state index in [0.717, 1.165) is 38.4 Å². The molecule has 2 aliphatic rings. The van der Waals surface area contributed by atoms with E-state index in [4.69, 9.17) is 0 Å². The Hall–Kier alpha value is -2.97. The van der Waals surface area contributed by atoms with E-state index in [-0.39, 0.29) is 5.82 Å². The minimum atomic E-state index is -0.189. The molecule has 0 unspecified atom stereocenters.